The van der Waals surface area contributed by atoms with E-state index in [-0.39, 0.29) is 0 Å². The Balaban J connectivity index is 2.53. The number of likely N-dealkylation sites (tertiary alicyclic amines) is 1. The van der Waals surface area contributed by atoms with Gasteiger partial charge in [0.05, 0.1) is 0 Å². The van der Waals surface area contributed by atoms with Gasteiger partial charge in [0, 0.05) is 12.1 Å². The summed E-state index contributed by atoms with van der Waals surface area (Å²) in [7, 11) is 2.23. The molecule has 0 aromatic heterocycles. The summed E-state index contributed by atoms with van der Waals surface area (Å²) in [6.45, 7) is 8.25. The van der Waals surface area contributed by atoms with Crippen molar-refractivity contribution in [1.82, 2.24) is 4.90 Å². The van der Waals surface area contributed by atoms with Crippen LogP contribution in [0.1, 0.15) is 52.9 Å². The average molecular weight is 212 g/mol. The standard InChI is InChI=1S/C13H28N2/c1-5-8-13(2,3)10-12-11(14)7-6-9-15(12)4/h11-12H,5-10,14H2,1-4H3/t11?,12-/m1/s1. The summed E-state index contributed by atoms with van der Waals surface area (Å²) in [5.41, 5.74) is 6.68. The van der Waals surface area contributed by atoms with E-state index in [1.807, 2.05) is 0 Å². The van der Waals surface area contributed by atoms with Crippen molar-refractivity contribution in [2.45, 2.75) is 65.0 Å². The lowest BCUT2D eigenvalue weighted by Crippen LogP contribution is -2.51. The summed E-state index contributed by atoms with van der Waals surface area (Å²) >= 11 is 0. The second kappa shape index (κ2) is 5.31. The predicted octanol–water partition coefficient (Wildman–Crippen LogP) is 2.62. The second-order valence-electron chi connectivity index (χ2n) is 5.97. The molecule has 15 heavy (non-hydrogen) atoms. The van der Waals surface area contributed by atoms with Gasteiger partial charge in [-0.25, -0.2) is 0 Å². The number of nitrogens with two attached hydrogens (primary N) is 1. The summed E-state index contributed by atoms with van der Waals surface area (Å²) in [5.74, 6) is 0. The number of likely N-dealkylation sites (N-methyl/N-ethyl adjacent to an activating group) is 1. The minimum Gasteiger partial charge on any atom is -0.326 e. The number of nitrogens with zero attached hydrogens (tertiary/aromatic N) is 1. The Morgan fingerprint density at radius 1 is 1.40 bits per heavy atom. The van der Waals surface area contributed by atoms with Gasteiger partial charge in [-0.1, -0.05) is 27.2 Å². The van der Waals surface area contributed by atoms with Crippen molar-refractivity contribution in [2.75, 3.05) is 13.6 Å². The quantitative estimate of drug-likeness (QED) is 0.776. The van der Waals surface area contributed by atoms with E-state index in [0.29, 0.717) is 17.5 Å². The maximum atomic E-state index is 6.23. The van der Waals surface area contributed by atoms with Gasteiger partial charge in [-0.2, -0.15) is 0 Å². The van der Waals surface area contributed by atoms with Gasteiger partial charge in [-0.05, 0) is 44.7 Å². The normalized spacial score (nSPS) is 29.4. The van der Waals surface area contributed by atoms with Gasteiger partial charge in [-0.3, -0.25) is 0 Å². The van der Waals surface area contributed by atoms with E-state index >= 15 is 0 Å². The van der Waals surface area contributed by atoms with Crippen molar-refractivity contribution in [1.29, 1.82) is 0 Å². The van der Waals surface area contributed by atoms with Crippen molar-refractivity contribution in [2.24, 2.45) is 11.1 Å². The first-order chi connectivity index (χ1) is 6.96. The Morgan fingerprint density at radius 3 is 2.60 bits per heavy atom. The van der Waals surface area contributed by atoms with Crippen LogP contribution in [0.3, 0.4) is 0 Å². The monoisotopic (exact) mass is 212 g/mol. The molecular formula is C13H28N2. The van der Waals surface area contributed by atoms with Crippen LogP contribution >= 0.6 is 0 Å². The summed E-state index contributed by atoms with van der Waals surface area (Å²) in [6, 6.07) is 0.986. The molecule has 1 fully saturated rings. The van der Waals surface area contributed by atoms with Crippen LogP contribution in [0.5, 0.6) is 0 Å². The molecule has 0 amide bonds. The molecule has 2 heteroatoms. The zero-order valence-electron chi connectivity index (χ0n) is 10.9. The van der Waals surface area contributed by atoms with E-state index < -0.39 is 0 Å². The molecule has 2 N–H and O–H groups in total. The largest absolute Gasteiger partial charge is 0.326 e. The highest BCUT2D eigenvalue weighted by Gasteiger charge is 2.31. The highest BCUT2D eigenvalue weighted by molar-refractivity contribution is 4.89. The second-order valence-corrected chi connectivity index (χ2v) is 5.97. The first-order valence-electron chi connectivity index (χ1n) is 6.42. The molecule has 0 aliphatic carbocycles. The van der Waals surface area contributed by atoms with E-state index in [2.05, 4.69) is 32.7 Å². The molecule has 0 radical (unpaired) electrons. The van der Waals surface area contributed by atoms with Crippen molar-refractivity contribution in [3.8, 4) is 0 Å². The van der Waals surface area contributed by atoms with Crippen LogP contribution in [-0.4, -0.2) is 30.6 Å². The van der Waals surface area contributed by atoms with Gasteiger partial charge in [-0.15, -0.1) is 0 Å². The summed E-state index contributed by atoms with van der Waals surface area (Å²) < 4.78 is 0. The molecule has 1 aliphatic rings. The minimum absolute atomic E-state index is 0.389. The number of hydrogen-bond acceptors (Lipinski definition) is 2. The van der Waals surface area contributed by atoms with Gasteiger partial charge in [0.2, 0.25) is 0 Å². The molecule has 2 atom stereocenters. The molecule has 1 unspecified atom stereocenters. The van der Waals surface area contributed by atoms with Crippen molar-refractivity contribution < 1.29 is 0 Å². The van der Waals surface area contributed by atoms with Crippen LogP contribution in [-0.2, 0) is 0 Å². The van der Waals surface area contributed by atoms with E-state index in [0.717, 1.165) is 0 Å². The van der Waals surface area contributed by atoms with Crippen LogP contribution in [0.2, 0.25) is 0 Å². The number of piperidine rings is 1. The Labute approximate surface area is 95.2 Å². The van der Waals surface area contributed by atoms with Crippen molar-refractivity contribution in [3.05, 3.63) is 0 Å². The molecular weight excluding hydrogens is 184 g/mol. The van der Waals surface area contributed by atoms with Crippen LogP contribution in [0.15, 0.2) is 0 Å². The van der Waals surface area contributed by atoms with Gasteiger partial charge in [0.25, 0.3) is 0 Å². The fourth-order valence-corrected chi connectivity index (χ4v) is 2.91. The van der Waals surface area contributed by atoms with Crippen LogP contribution in [0, 0.1) is 5.41 Å². The van der Waals surface area contributed by atoms with Crippen molar-refractivity contribution >= 4 is 0 Å². The minimum atomic E-state index is 0.389. The van der Waals surface area contributed by atoms with E-state index in [1.165, 1.54) is 38.6 Å². The molecule has 1 saturated heterocycles. The summed E-state index contributed by atoms with van der Waals surface area (Å²) in [4.78, 5) is 2.46. The third-order valence-electron chi connectivity index (χ3n) is 3.80. The number of hydrogen-bond donors (Lipinski definition) is 1. The number of rotatable bonds is 4. The first-order valence-corrected chi connectivity index (χ1v) is 6.42. The molecule has 0 aromatic carbocycles. The fourth-order valence-electron chi connectivity index (χ4n) is 2.91. The van der Waals surface area contributed by atoms with E-state index in [1.54, 1.807) is 0 Å². The molecule has 90 valence electrons. The Bertz CT molecular complexity index is 179. The lowest BCUT2D eigenvalue weighted by atomic mass is 9.78. The van der Waals surface area contributed by atoms with Crippen molar-refractivity contribution in [3.63, 3.8) is 0 Å². The molecule has 1 aliphatic heterocycles. The zero-order valence-corrected chi connectivity index (χ0v) is 10.9. The smallest absolute Gasteiger partial charge is 0.0249 e. The van der Waals surface area contributed by atoms with E-state index in [9.17, 15) is 0 Å². The molecule has 1 heterocycles. The van der Waals surface area contributed by atoms with Crippen LogP contribution in [0.25, 0.3) is 0 Å². The third kappa shape index (κ3) is 3.76. The molecule has 0 spiro atoms. The molecule has 0 saturated carbocycles. The third-order valence-corrected chi connectivity index (χ3v) is 3.80. The zero-order chi connectivity index (χ0) is 11.5. The maximum Gasteiger partial charge on any atom is 0.0249 e. The maximum absolute atomic E-state index is 6.23. The molecule has 1 rings (SSSR count). The molecule has 2 nitrogen and oxygen atoms in total. The van der Waals surface area contributed by atoms with E-state index in [4.69, 9.17) is 5.73 Å². The Morgan fingerprint density at radius 2 is 2.07 bits per heavy atom. The van der Waals surface area contributed by atoms with Crippen LogP contribution < -0.4 is 5.73 Å². The lowest BCUT2D eigenvalue weighted by molar-refractivity contribution is 0.108. The first kappa shape index (κ1) is 13.0. The van der Waals surface area contributed by atoms with Gasteiger partial charge in [0.15, 0.2) is 0 Å². The lowest BCUT2D eigenvalue weighted by Gasteiger charge is -2.41. The Kier molecular flexibility index (Phi) is 4.60. The molecule has 0 bridgehead atoms. The SMILES string of the molecule is CCCC(C)(C)C[C@@H]1C(N)CCCN1C. The summed E-state index contributed by atoms with van der Waals surface area (Å²) in [6.07, 6.45) is 6.31. The summed E-state index contributed by atoms with van der Waals surface area (Å²) in [5, 5.41) is 0. The molecule has 0 aromatic rings. The van der Waals surface area contributed by atoms with Crippen LogP contribution in [0.4, 0.5) is 0 Å². The van der Waals surface area contributed by atoms with Gasteiger partial charge in [0.1, 0.15) is 0 Å². The Hall–Kier alpha value is -0.0800. The van der Waals surface area contributed by atoms with Gasteiger partial charge < -0.3 is 10.6 Å². The van der Waals surface area contributed by atoms with Gasteiger partial charge >= 0.3 is 0 Å². The topological polar surface area (TPSA) is 29.3 Å². The highest BCUT2D eigenvalue weighted by Crippen LogP contribution is 2.32. The fraction of sp³-hybridized carbons (Fsp3) is 1.00. The highest BCUT2D eigenvalue weighted by atomic mass is 15.2. The predicted molar refractivity (Wildman–Crippen MR) is 66.9 cm³/mol. The average Bonchev–Trinajstić information content (AvgIpc) is 2.11.